The maximum absolute atomic E-state index is 11.8. The average Bonchev–Trinajstić information content (AvgIpc) is 3.16. The fourth-order valence-electron chi connectivity index (χ4n) is 4.97. The second-order valence-electron chi connectivity index (χ2n) is 8.20. The largest absolute Gasteiger partial charge is 0.469 e. The molecule has 2 atom stereocenters. The average molecular weight is 432 g/mol. The second kappa shape index (κ2) is 8.67. The van der Waals surface area contributed by atoms with Crippen LogP contribution in [0, 0.1) is 5.92 Å². The summed E-state index contributed by atoms with van der Waals surface area (Å²) in [5.41, 5.74) is 5.11. The van der Waals surface area contributed by atoms with Gasteiger partial charge in [0.1, 0.15) is 0 Å². The van der Waals surface area contributed by atoms with Gasteiger partial charge in [-0.25, -0.2) is 0 Å². The van der Waals surface area contributed by atoms with Crippen LogP contribution in [0.2, 0.25) is 10.0 Å². The van der Waals surface area contributed by atoms with E-state index in [4.69, 9.17) is 27.9 Å². The number of fused-ring (bicyclic) bond motifs is 1. The number of nitrogens with zero attached hydrogens (tertiary/aromatic N) is 1. The Morgan fingerprint density at radius 2 is 1.79 bits per heavy atom. The fraction of sp³-hybridized carbons (Fsp3) is 0.458. The molecule has 0 amide bonds. The molecule has 1 saturated heterocycles. The zero-order valence-electron chi connectivity index (χ0n) is 17.0. The molecule has 0 spiro atoms. The first-order valence-electron chi connectivity index (χ1n) is 10.4. The first-order chi connectivity index (χ1) is 14.0. The molecule has 5 heteroatoms. The van der Waals surface area contributed by atoms with Crippen LogP contribution in [0.25, 0.3) is 0 Å². The number of carbonyl (C=O) groups excluding carboxylic acids is 1. The number of halogens is 2. The molecule has 3 nitrogen and oxygen atoms in total. The Balaban J connectivity index is 1.51. The number of benzene rings is 2. The summed E-state index contributed by atoms with van der Waals surface area (Å²) in [7, 11) is 1.48. The smallest absolute Gasteiger partial charge is 0.308 e. The molecule has 1 heterocycles. The SMILES string of the molecule is COC(=O)C1CCN(C2CCc3cc(C(C)c4c(Cl)cccc4Cl)ccc32)CC1. The number of methoxy groups -OCH3 is 1. The van der Waals surface area contributed by atoms with Crippen molar-refractivity contribution in [2.45, 2.75) is 44.6 Å². The number of hydrogen-bond donors (Lipinski definition) is 0. The van der Waals surface area contributed by atoms with E-state index < -0.39 is 0 Å². The highest BCUT2D eigenvalue weighted by molar-refractivity contribution is 6.36. The van der Waals surface area contributed by atoms with Crippen molar-refractivity contribution in [3.8, 4) is 0 Å². The molecule has 1 aliphatic carbocycles. The molecule has 0 aromatic heterocycles. The van der Waals surface area contributed by atoms with Crippen LogP contribution in [-0.4, -0.2) is 31.1 Å². The standard InChI is InChI=1S/C24H27Cl2NO2/c1-15(23-20(25)4-3-5-21(23)26)17-6-8-19-18(14-17)7-9-22(19)27-12-10-16(11-13-27)24(28)29-2/h3-6,8,14-16,22H,7,9-13H2,1-2H3. The van der Waals surface area contributed by atoms with E-state index in [0.29, 0.717) is 6.04 Å². The van der Waals surface area contributed by atoms with E-state index in [-0.39, 0.29) is 17.8 Å². The van der Waals surface area contributed by atoms with Crippen LogP contribution >= 0.6 is 23.2 Å². The van der Waals surface area contributed by atoms with E-state index in [9.17, 15) is 4.79 Å². The predicted octanol–water partition coefficient (Wildman–Crippen LogP) is 6.02. The summed E-state index contributed by atoms with van der Waals surface area (Å²) in [5.74, 6) is 0.144. The van der Waals surface area contributed by atoms with Crippen LogP contribution in [0.5, 0.6) is 0 Å². The Morgan fingerprint density at radius 3 is 2.45 bits per heavy atom. The molecule has 0 radical (unpaired) electrons. The molecule has 0 bridgehead atoms. The molecule has 0 saturated carbocycles. The lowest BCUT2D eigenvalue weighted by molar-refractivity contribution is -0.147. The van der Waals surface area contributed by atoms with E-state index >= 15 is 0 Å². The number of hydrogen-bond acceptors (Lipinski definition) is 3. The van der Waals surface area contributed by atoms with Gasteiger partial charge in [0.15, 0.2) is 0 Å². The Labute approximate surface area is 182 Å². The summed E-state index contributed by atoms with van der Waals surface area (Å²) in [4.78, 5) is 14.3. The molecule has 0 N–H and O–H groups in total. The molecule has 29 heavy (non-hydrogen) atoms. The van der Waals surface area contributed by atoms with Gasteiger partial charge in [0.25, 0.3) is 0 Å². The van der Waals surface area contributed by atoms with Crippen LogP contribution in [0.15, 0.2) is 36.4 Å². The molecular weight excluding hydrogens is 405 g/mol. The Kier molecular flexibility index (Phi) is 6.19. The Morgan fingerprint density at radius 1 is 1.10 bits per heavy atom. The monoisotopic (exact) mass is 431 g/mol. The summed E-state index contributed by atoms with van der Waals surface area (Å²) in [6.45, 7) is 4.08. The Bertz CT molecular complexity index is 885. The van der Waals surface area contributed by atoms with Crippen LogP contribution in [0.3, 0.4) is 0 Å². The summed E-state index contributed by atoms with van der Waals surface area (Å²) >= 11 is 12.9. The summed E-state index contributed by atoms with van der Waals surface area (Å²) in [6.07, 6.45) is 4.01. The first-order valence-corrected chi connectivity index (χ1v) is 11.1. The number of piperidine rings is 1. The highest BCUT2D eigenvalue weighted by atomic mass is 35.5. The summed E-state index contributed by atoms with van der Waals surface area (Å²) in [5, 5.41) is 1.44. The van der Waals surface area contributed by atoms with Crippen molar-refractivity contribution in [1.29, 1.82) is 0 Å². The van der Waals surface area contributed by atoms with Gasteiger partial charge in [-0.2, -0.15) is 0 Å². The molecule has 4 rings (SSSR count). The van der Waals surface area contributed by atoms with Gasteiger partial charge in [0.2, 0.25) is 0 Å². The number of carbonyl (C=O) groups is 1. The van der Waals surface area contributed by atoms with Gasteiger partial charge in [-0.3, -0.25) is 9.69 Å². The first kappa shape index (κ1) is 20.7. The molecule has 2 unspecified atom stereocenters. The fourth-order valence-corrected chi connectivity index (χ4v) is 5.69. The van der Waals surface area contributed by atoms with Gasteiger partial charge in [0.05, 0.1) is 13.0 Å². The van der Waals surface area contributed by atoms with E-state index in [2.05, 4.69) is 30.0 Å². The van der Waals surface area contributed by atoms with Gasteiger partial charge in [-0.15, -0.1) is 0 Å². The summed E-state index contributed by atoms with van der Waals surface area (Å²) in [6, 6.07) is 13.0. The van der Waals surface area contributed by atoms with Crippen molar-refractivity contribution in [3.05, 3.63) is 68.7 Å². The number of likely N-dealkylation sites (tertiary alicyclic amines) is 1. The number of rotatable bonds is 4. The van der Waals surface area contributed by atoms with E-state index in [0.717, 1.165) is 54.4 Å². The lowest BCUT2D eigenvalue weighted by atomic mass is 9.90. The van der Waals surface area contributed by atoms with Crippen molar-refractivity contribution in [3.63, 3.8) is 0 Å². The number of aryl methyl sites for hydroxylation is 1. The number of esters is 1. The third kappa shape index (κ3) is 4.05. The number of ether oxygens (including phenoxy) is 1. The van der Waals surface area contributed by atoms with Crippen LogP contribution in [0.4, 0.5) is 0 Å². The lowest BCUT2D eigenvalue weighted by Crippen LogP contribution is -2.38. The van der Waals surface area contributed by atoms with Crippen molar-refractivity contribution in [2.24, 2.45) is 5.92 Å². The zero-order chi connectivity index (χ0) is 20.5. The zero-order valence-corrected chi connectivity index (χ0v) is 18.5. The molecule has 1 aliphatic heterocycles. The third-order valence-corrected chi connectivity index (χ3v) is 7.31. The molecule has 2 aromatic carbocycles. The minimum Gasteiger partial charge on any atom is -0.469 e. The topological polar surface area (TPSA) is 29.5 Å². The van der Waals surface area contributed by atoms with Crippen LogP contribution < -0.4 is 0 Å². The van der Waals surface area contributed by atoms with E-state index in [1.54, 1.807) is 0 Å². The van der Waals surface area contributed by atoms with Gasteiger partial charge in [-0.1, -0.05) is 54.4 Å². The van der Waals surface area contributed by atoms with Crippen LogP contribution in [-0.2, 0) is 16.0 Å². The lowest BCUT2D eigenvalue weighted by Gasteiger charge is -2.35. The molecule has 1 fully saturated rings. The minimum absolute atomic E-state index is 0.0562. The van der Waals surface area contributed by atoms with Crippen molar-refractivity contribution in [1.82, 2.24) is 4.90 Å². The molecule has 2 aliphatic rings. The predicted molar refractivity (Wildman–Crippen MR) is 118 cm³/mol. The maximum Gasteiger partial charge on any atom is 0.308 e. The third-order valence-electron chi connectivity index (χ3n) is 6.65. The minimum atomic E-state index is -0.0617. The van der Waals surface area contributed by atoms with Crippen LogP contribution in [0.1, 0.15) is 60.4 Å². The van der Waals surface area contributed by atoms with Gasteiger partial charge in [-0.05, 0) is 73.2 Å². The van der Waals surface area contributed by atoms with Gasteiger partial charge < -0.3 is 4.74 Å². The summed E-state index contributed by atoms with van der Waals surface area (Å²) < 4.78 is 4.92. The molecule has 154 valence electrons. The quantitative estimate of drug-likeness (QED) is 0.554. The van der Waals surface area contributed by atoms with Gasteiger partial charge >= 0.3 is 5.97 Å². The van der Waals surface area contributed by atoms with Crippen molar-refractivity contribution < 1.29 is 9.53 Å². The highest BCUT2D eigenvalue weighted by Gasteiger charge is 2.33. The van der Waals surface area contributed by atoms with Crippen molar-refractivity contribution >= 4 is 29.2 Å². The second-order valence-corrected chi connectivity index (χ2v) is 9.02. The van der Waals surface area contributed by atoms with E-state index in [1.807, 2.05) is 18.2 Å². The highest BCUT2D eigenvalue weighted by Crippen LogP contribution is 2.41. The van der Waals surface area contributed by atoms with Gasteiger partial charge in [0, 0.05) is 22.0 Å². The molecule has 2 aromatic rings. The Hall–Kier alpha value is -1.55. The van der Waals surface area contributed by atoms with E-state index in [1.165, 1.54) is 23.8 Å². The normalized spacial score (nSPS) is 21.0. The molecular formula is C24H27Cl2NO2. The maximum atomic E-state index is 11.8. The van der Waals surface area contributed by atoms with Crippen molar-refractivity contribution in [2.75, 3.05) is 20.2 Å².